The number of amides is 1. The molecule has 4 aromatic rings. The van der Waals surface area contributed by atoms with Crippen LogP contribution in [0.3, 0.4) is 0 Å². The highest BCUT2D eigenvalue weighted by atomic mass is 19.1. The summed E-state index contributed by atoms with van der Waals surface area (Å²) in [5.74, 6) is -0.982. The fourth-order valence-electron chi connectivity index (χ4n) is 4.01. The Labute approximate surface area is 186 Å². The molecular formula is C23H19F2N5O3. The number of carbonyl (C=O) groups is 1. The van der Waals surface area contributed by atoms with Gasteiger partial charge in [-0.25, -0.2) is 18.7 Å². The van der Waals surface area contributed by atoms with Gasteiger partial charge in [-0.15, -0.1) is 0 Å². The lowest BCUT2D eigenvalue weighted by Crippen LogP contribution is -2.31. The predicted octanol–water partition coefficient (Wildman–Crippen LogP) is 3.48. The fraction of sp³-hybridized carbons (Fsp3) is 0.217. The first-order valence-electron chi connectivity index (χ1n) is 10.2. The highest BCUT2D eigenvalue weighted by molar-refractivity contribution is 6.04. The van der Waals surface area contributed by atoms with Gasteiger partial charge in [-0.2, -0.15) is 0 Å². The van der Waals surface area contributed by atoms with Crippen LogP contribution in [0.2, 0.25) is 0 Å². The number of imidazole rings is 1. The average Bonchev–Trinajstić information content (AvgIpc) is 3.20. The number of H-pyrrole nitrogens is 1. The van der Waals surface area contributed by atoms with Gasteiger partial charge in [0.05, 0.1) is 22.2 Å². The Hall–Kier alpha value is -4.08. The molecule has 8 nitrogen and oxygen atoms in total. The van der Waals surface area contributed by atoms with Crippen LogP contribution in [0.15, 0.2) is 41.3 Å². The smallest absolute Gasteiger partial charge is 0.257 e. The van der Waals surface area contributed by atoms with Crippen molar-refractivity contribution in [1.82, 2.24) is 19.4 Å². The van der Waals surface area contributed by atoms with Gasteiger partial charge in [0.25, 0.3) is 5.56 Å². The van der Waals surface area contributed by atoms with Crippen molar-refractivity contribution in [2.75, 3.05) is 5.32 Å². The number of rotatable bonds is 4. The van der Waals surface area contributed by atoms with Crippen LogP contribution >= 0.6 is 0 Å². The number of pyridine rings is 1. The lowest BCUT2D eigenvalue weighted by Gasteiger charge is -2.13. The van der Waals surface area contributed by atoms with Crippen molar-refractivity contribution in [2.24, 2.45) is 0 Å². The zero-order valence-electron chi connectivity index (χ0n) is 18.0. The van der Waals surface area contributed by atoms with Crippen molar-refractivity contribution in [1.29, 1.82) is 0 Å². The van der Waals surface area contributed by atoms with E-state index in [1.165, 1.54) is 6.07 Å². The Morgan fingerprint density at radius 2 is 1.82 bits per heavy atom. The van der Waals surface area contributed by atoms with Gasteiger partial charge >= 0.3 is 0 Å². The first-order valence-corrected chi connectivity index (χ1v) is 10.2. The van der Waals surface area contributed by atoms with Gasteiger partial charge in [-0.1, -0.05) is 6.07 Å². The zero-order chi connectivity index (χ0) is 23.5. The van der Waals surface area contributed by atoms with E-state index in [0.717, 1.165) is 12.1 Å². The third-order valence-corrected chi connectivity index (χ3v) is 5.79. The molecule has 0 aliphatic carbocycles. The molecule has 10 heteroatoms. The third-order valence-electron chi connectivity index (χ3n) is 5.79. The van der Waals surface area contributed by atoms with Gasteiger partial charge in [-0.3, -0.25) is 14.0 Å². The molecule has 2 N–H and O–H groups in total. The van der Waals surface area contributed by atoms with E-state index in [4.69, 9.17) is 4.74 Å². The van der Waals surface area contributed by atoms with Crippen LogP contribution in [0.1, 0.15) is 30.7 Å². The average molecular weight is 451 g/mol. The molecule has 0 radical (unpaired) electrons. The van der Waals surface area contributed by atoms with Crippen molar-refractivity contribution < 1.29 is 18.3 Å². The van der Waals surface area contributed by atoms with Gasteiger partial charge in [0, 0.05) is 6.20 Å². The number of ether oxygens (including phenoxy) is 1. The SMILES string of the molecule is Cc1nc2c(OCc3c(F)cccc3F)cccn2c1-c1nc2c(c(=O)[nH]1)C(C)(C)C(=O)N2. The maximum Gasteiger partial charge on any atom is 0.257 e. The molecule has 4 heterocycles. The van der Waals surface area contributed by atoms with E-state index in [0.29, 0.717) is 22.8 Å². The van der Waals surface area contributed by atoms with Crippen LogP contribution in [-0.4, -0.2) is 25.3 Å². The minimum atomic E-state index is -0.994. The first kappa shape index (κ1) is 20.8. The minimum absolute atomic E-state index is 0.189. The molecule has 1 amide bonds. The van der Waals surface area contributed by atoms with Crippen LogP contribution in [0, 0.1) is 18.6 Å². The Morgan fingerprint density at radius 3 is 2.55 bits per heavy atom. The van der Waals surface area contributed by atoms with Crippen LogP contribution in [-0.2, 0) is 16.8 Å². The number of carbonyl (C=O) groups excluding carboxylic acids is 1. The van der Waals surface area contributed by atoms with Crippen molar-refractivity contribution >= 4 is 17.4 Å². The summed E-state index contributed by atoms with van der Waals surface area (Å²) in [5.41, 5.74) is 0.0848. The summed E-state index contributed by atoms with van der Waals surface area (Å²) in [6, 6.07) is 6.92. The minimum Gasteiger partial charge on any atom is -0.485 e. The van der Waals surface area contributed by atoms with Gasteiger partial charge in [-0.05, 0) is 45.0 Å². The predicted molar refractivity (Wildman–Crippen MR) is 116 cm³/mol. The lowest BCUT2D eigenvalue weighted by atomic mass is 9.88. The number of nitrogens with one attached hydrogen (secondary N) is 2. The highest BCUT2D eigenvalue weighted by Gasteiger charge is 2.42. The Balaban J connectivity index is 1.58. The zero-order valence-corrected chi connectivity index (χ0v) is 18.0. The van der Waals surface area contributed by atoms with E-state index in [1.807, 2.05) is 0 Å². The molecule has 1 aromatic carbocycles. The molecule has 0 atom stereocenters. The maximum atomic E-state index is 14.0. The summed E-state index contributed by atoms with van der Waals surface area (Å²) >= 11 is 0. The molecule has 0 spiro atoms. The number of aryl methyl sites for hydroxylation is 1. The second-order valence-corrected chi connectivity index (χ2v) is 8.32. The monoisotopic (exact) mass is 451 g/mol. The van der Waals surface area contributed by atoms with Gasteiger partial charge in [0.15, 0.2) is 17.2 Å². The molecule has 1 aliphatic rings. The number of anilines is 1. The van der Waals surface area contributed by atoms with E-state index in [2.05, 4.69) is 20.3 Å². The molecule has 0 saturated heterocycles. The summed E-state index contributed by atoms with van der Waals surface area (Å²) in [7, 11) is 0. The quantitative estimate of drug-likeness (QED) is 0.495. The number of nitrogens with zero attached hydrogens (tertiary/aromatic N) is 3. The van der Waals surface area contributed by atoms with Crippen LogP contribution in [0.25, 0.3) is 17.2 Å². The van der Waals surface area contributed by atoms with Crippen molar-refractivity contribution in [3.05, 3.63) is 75.3 Å². The molecule has 0 bridgehead atoms. The lowest BCUT2D eigenvalue weighted by molar-refractivity contribution is -0.119. The second-order valence-electron chi connectivity index (χ2n) is 8.32. The Morgan fingerprint density at radius 1 is 1.09 bits per heavy atom. The van der Waals surface area contributed by atoms with Gasteiger partial charge in [0.2, 0.25) is 5.91 Å². The summed E-state index contributed by atoms with van der Waals surface area (Å²) in [4.78, 5) is 36.8. The number of hydrogen-bond donors (Lipinski definition) is 2. The second kappa shape index (κ2) is 7.22. The Kier molecular flexibility index (Phi) is 4.55. The molecule has 1 aliphatic heterocycles. The third kappa shape index (κ3) is 3.17. The van der Waals surface area contributed by atoms with Crippen LogP contribution in [0.4, 0.5) is 14.6 Å². The maximum absolute atomic E-state index is 14.0. The number of fused-ring (bicyclic) bond motifs is 2. The molecule has 5 rings (SSSR count). The highest BCUT2D eigenvalue weighted by Crippen LogP contribution is 2.35. The summed E-state index contributed by atoms with van der Waals surface area (Å²) in [6.07, 6.45) is 1.71. The molecule has 0 unspecified atom stereocenters. The molecule has 33 heavy (non-hydrogen) atoms. The topological polar surface area (TPSA) is 101 Å². The fourth-order valence-corrected chi connectivity index (χ4v) is 4.01. The molecule has 168 valence electrons. The standard InChI is InChI=1S/C23H19F2N5O3/c1-11-17(19-27-18-16(21(31)28-19)23(2,3)22(32)29-18)30-9-5-8-15(20(30)26-11)33-10-12-13(24)6-4-7-14(12)25/h4-9H,10H2,1-3H3,(H2,27,28,29,31,32). The number of aromatic amines is 1. The summed E-state index contributed by atoms with van der Waals surface area (Å²) < 4.78 is 35.3. The van der Waals surface area contributed by atoms with E-state index in [-0.39, 0.29) is 35.3 Å². The van der Waals surface area contributed by atoms with Gasteiger partial charge < -0.3 is 15.0 Å². The number of hydrogen-bond acceptors (Lipinski definition) is 5. The number of benzene rings is 1. The van der Waals surface area contributed by atoms with Crippen molar-refractivity contribution in [2.45, 2.75) is 32.8 Å². The van der Waals surface area contributed by atoms with Crippen molar-refractivity contribution in [3.63, 3.8) is 0 Å². The molecular weight excluding hydrogens is 432 g/mol. The Bertz CT molecular complexity index is 1490. The number of halogens is 2. The van der Waals surface area contributed by atoms with E-state index in [1.54, 1.807) is 43.5 Å². The van der Waals surface area contributed by atoms with Crippen LogP contribution < -0.4 is 15.6 Å². The van der Waals surface area contributed by atoms with E-state index >= 15 is 0 Å². The molecule has 0 fully saturated rings. The van der Waals surface area contributed by atoms with Gasteiger partial charge in [0.1, 0.15) is 29.8 Å². The number of aromatic nitrogens is 4. The van der Waals surface area contributed by atoms with Crippen molar-refractivity contribution in [3.8, 4) is 17.3 Å². The largest absolute Gasteiger partial charge is 0.485 e. The summed E-state index contributed by atoms with van der Waals surface area (Å²) in [6.45, 7) is 4.73. The van der Waals surface area contributed by atoms with E-state index in [9.17, 15) is 18.4 Å². The molecule has 0 saturated carbocycles. The molecule has 3 aromatic heterocycles. The normalized spacial score (nSPS) is 14.4. The van der Waals surface area contributed by atoms with E-state index < -0.39 is 22.6 Å². The van der Waals surface area contributed by atoms with Crippen LogP contribution in [0.5, 0.6) is 5.75 Å². The summed E-state index contributed by atoms with van der Waals surface area (Å²) in [5, 5.41) is 2.66. The first-order chi connectivity index (χ1) is 15.7.